The summed E-state index contributed by atoms with van der Waals surface area (Å²) in [7, 11) is -1.72. The number of hydrogen-bond donors (Lipinski definition) is 2. The van der Waals surface area contributed by atoms with Crippen LogP contribution in [0.25, 0.3) is 0 Å². The highest BCUT2D eigenvalue weighted by Crippen LogP contribution is 2.48. The zero-order valence-electron chi connectivity index (χ0n) is 24.6. The number of aromatic carboxylic acids is 1. The number of fused-ring (bicyclic) bond motifs is 3. The van der Waals surface area contributed by atoms with Gasteiger partial charge in [0.25, 0.3) is 0 Å². The molecule has 6 rings (SSSR count). The molecule has 1 saturated carbocycles. The minimum Gasteiger partial charge on any atom is -0.490 e. The Kier molecular flexibility index (Phi) is 8.54. The fourth-order valence-corrected chi connectivity index (χ4v) is 9.15. The number of carbonyl (C=O) groups is 1. The lowest BCUT2D eigenvalue weighted by Gasteiger charge is -2.47. The summed E-state index contributed by atoms with van der Waals surface area (Å²) in [6.07, 6.45) is 9.59. The molecule has 1 spiro atoms. The molecule has 2 aromatic carbocycles. The number of ether oxygens (including phenoxy) is 2. The first-order chi connectivity index (χ1) is 20.5. The molecule has 1 heterocycles. The van der Waals surface area contributed by atoms with Crippen LogP contribution in [0.1, 0.15) is 66.4 Å². The van der Waals surface area contributed by atoms with Crippen LogP contribution < -0.4 is 14.8 Å². The van der Waals surface area contributed by atoms with Gasteiger partial charge in [0.05, 0.1) is 29.7 Å². The lowest BCUT2D eigenvalue weighted by Crippen LogP contribution is -2.50. The number of methoxy groups -OCH3 is 1. The van der Waals surface area contributed by atoms with Crippen LogP contribution in [0.2, 0.25) is 5.02 Å². The third-order valence-electron chi connectivity index (χ3n) is 10.2. The van der Waals surface area contributed by atoms with Crippen molar-refractivity contribution in [1.29, 1.82) is 0 Å². The van der Waals surface area contributed by atoms with Gasteiger partial charge >= 0.3 is 5.97 Å². The standard InChI is InChI=1S/C33H41ClN2O6S/c1-41-31(22-6-4-21(5-7-22)18-43(35,39)40)27-11-8-25(27)17-36-19-33(14-2-3-23-15-26(34)10-12-28(23)33)20-42-30-13-9-24(32(37)38)16-29(30)36/h6,9-10,12-13,15-16,21,25,27,31H,2-5,7-8,11,14,17-20H2,1H3,(H,37,38)(H2,35,39,40)/t21-,25-,27+,31-,33?/m0/s1. The van der Waals surface area contributed by atoms with Crippen molar-refractivity contribution in [3.05, 3.63) is 69.8 Å². The van der Waals surface area contributed by atoms with E-state index in [0.717, 1.165) is 74.5 Å². The molecule has 0 radical (unpaired) electrons. The minimum atomic E-state index is -3.49. The Morgan fingerprint density at radius 3 is 2.72 bits per heavy atom. The van der Waals surface area contributed by atoms with E-state index in [0.29, 0.717) is 24.9 Å². The number of anilines is 1. The van der Waals surface area contributed by atoms with Crippen molar-refractivity contribution in [3.63, 3.8) is 0 Å². The predicted molar refractivity (Wildman–Crippen MR) is 168 cm³/mol. The molecule has 8 nitrogen and oxygen atoms in total. The van der Waals surface area contributed by atoms with E-state index < -0.39 is 16.0 Å². The highest BCUT2D eigenvalue weighted by atomic mass is 35.5. The number of sulfonamides is 1. The number of nitrogens with zero attached hydrogens (tertiary/aromatic N) is 1. The molecule has 0 amide bonds. The molecule has 232 valence electrons. The third-order valence-corrected chi connectivity index (χ3v) is 11.4. The molecule has 0 bridgehead atoms. The number of hydrogen-bond acceptors (Lipinski definition) is 6. The van der Waals surface area contributed by atoms with Crippen LogP contribution in [0.5, 0.6) is 5.75 Å². The van der Waals surface area contributed by atoms with Crippen LogP contribution in [0, 0.1) is 17.8 Å². The van der Waals surface area contributed by atoms with Gasteiger partial charge in [-0.2, -0.15) is 0 Å². The van der Waals surface area contributed by atoms with Gasteiger partial charge in [-0.1, -0.05) is 23.7 Å². The molecule has 4 aliphatic rings. The average Bonchev–Trinajstić information content (AvgIpc) is 3.10. The minimum absolute atomic E-state index is 0.0197. The number of carboxylic acid groups (broad SMARTS) is 1. The number of allylic oxidation sites excluding steroid dienone is 1. The van der Waals surface area contributed by atoms with Gasteiger partial charge in [-0.3, -0.25) is 0 Å². The molecule has 0 aromatic heterocycles. The first kappa shape index (κ1) is 30.4. The number of rotatable bonds is 8. The third kappa shape index (κ3) is 6.32. The van der Waals surface area contributed by atoms with E-state index in [9.17, 15) is 18.3 Å². The van der Waals surface area contributed by atoms with Crippen molar-refractivity contribution >= 4 is 33.3 Å². The summed E-state index contributed by atoms with van der Waals surface area (Å²) in [5.74, 6) is 0.525. The topological polar surface area (TPSA) is 119 Å². The van der Waals surface area contributed by atoms with Gasteiger partial charge in [-0.25, -0.2) is 18.4 Å². The number of benzene rings is 2. The largest absolute Gasteiger partial charge is 0.490 e. The maximum absolute atomic E-state index is 12.0. The van der Waals surface area contributed by atoms with E-state index in [1.165, 1.54) is 16.7 Å². The molecule has 1 aliphatic heterocycles. The maximum atomic E-state index is 12.0. The van der Waals surface area contributed by atoms with Gasteiger partial charge in [-0.05, 0) is 116 Å². The number of nitrogens with two attached hydrogens (primary N) is 1. The van der Waals surface area contributed by atoms with E-state index >= 15 is 0 Å². The smallest absolute Gasteiger partial charge is 0.335 e. The Morgan fingerprint density at radius 2 is 2.05 bits per heavy atom. The van der Waals surface area contributed by atoms with Crippen molar-refractivity contribution in [2.75, 3.05) is 37.5 Å². The second kappa shape index (κ2) is 12.1. The fraction of sp³-hybridized carbons (Fsp3) is 0.545. The zero-order valence-corrected chi connectivity index (χ0v) is 26.2. The molecule has 43 heavy (non-hydrogen) atoms. The highest BCUT2D eigenvalue weighted by molar-refractivity contribution is 7.89. The van der Waals surface area contributed by atoms with Crippen molar-refractivity contribution in [1.82, 2.24) is 0 Å². The molecule has 0 saturated heterocycles. The molecule has 2 aromatic rings. The number of carboxylic acids is 1. The number of halogens is 1. The summed E-state index contributed by atoms with van der Waals surface area (Å²) < 4.78 is 35.9. The summed E-state index contributed by atoms with van der Waals surface area (Å²) in [5, 5.41) is 15.9. The normalized spacial score (nSPS) is 27.7. The van der Waals surface area contributed by atoms with Gasteiger partial charge in [-0.15, -0.1) is 0 Å². The summed E-state index contributed by atoms with van der Waals surface area (Å²) in [5.41, 5.74) is 4.65. The monoisotopic (exact) mass is 628 g/mol. The Hall–Kier alpha value is -2.59. The van der Waals surface area contributed by atoms with Crippen molar-refractivity contribution < 1.29 is 27.8 Å². The van der Waals surface area contributed by atoms with Gasteiger partial charge < -0.3 is 19.5 Å². The van der Waals surface area contributed by atoms with Crippen LogP contribution in [-0.4, -0.2) is 58.2 Å². The van der Waals surface area contributed by atoms with Crippen molar-refractivity contribution in [2.45, 2.75) is 62.9 Å². The first-order valence-electron chi connectivity index (χ1n) is 15.3. The number of primary sulfonamides is 1. The number of aryl methyl sites for hydroxylation is 1. The van der Waals surface area contributed by atoms with Crippen LogP contribution >= 0.6 is 11.6 Å². The Balaban J connectivity index is 1.28. The predicted octanol–water partition coefficient (Wildman–Crippen LogP) is 5.57. The van der Waals surface area contributed by atoms with Crippen LogP contribution in [-0.2, 0) is 26.6 Å². The van der Waals surface area contributed by atoms with Gasteiger partial charge in [0.1, 0.15) is 5.75 Å². The second-order valence-electron chi connectivity index (χ2n) is 13.0. The molecule has 1 fully saturated rings. The second-order valence-corrected chi connectivity index (χ2v) is 15.1. The zero-order chi connectivity index (χ0) is 30.4. The van der Waals surface area contributed by atoms with E-state index in [1.807, 2.05) is 6.07 Å². The molecule has 3 aliphatic carbocycles. The van der Waals surface area contributed by atoms with E-state index in [1.54, 1.807) is 25.3 Å². The Bertz CT molecular complexity index is 1530. The van der Waals surface area contributed by atoms with Gasteiger partial charge in [0.2, 0.25) is 10.0 Å². The van der Waals surface area contributed by atoms with Crippen LogP contribution in [0.4, 0.5) is 5.69 Å². The molecule has 3 N–H and O–H groups in total. The van der Waals surface area contributed by atoms with E-state index in [2.05, 4.69) is 23.1 Å². The lowest BCUT2D eigenvalue weighted by atomic mass is 9.66. The van der Waals surface area contributed by atoms with Crippen molar-refractivity contribution in [3.8, 4) is 5.75 Å². The van der Waals surface area contributed by atoms with E-state index in [-0.39, 0.29) is 28.8 Å². The lowest BCUT2D eigenvalue weighted by molar-refractivity contribution is 0.00323. The molecule has 10 heteroatoms. The van der Waals surface area contributed by atoms with Crippen LogP contribution in [0.15, 0.2) is 48.0 Å². The summed E-state index contributed by atoms with van der Waals surface area (Å²) in [4.78, 5) is 14.4. The molecular weight excluding hydrogens is 588 g/mol. The fourth-order valence-electron chi connectivity index (χ4n) is 8.00. The Morgan fingerprint density at radius 1 is 1.21 bits per heavy atom. The first-order valence-corrected chi connectivity index (χ1v) is 17.4. The maximum Gasteiger partial charge on any atom is 0.335 e. The van der Waals surface area contributed by atoms with Crippen LogP contribution in [0.3, 0.4) is 0 Å². The quantitative estimate of drug-likeness (QED) is 0.367. The van der Waals surface area contributed by atoms with Gasteiger partial charge in [0.15, 0.2) is 0 Å². The summed E-state index contributed by atoms with van der Waals surface area (Å²) >= 11 is 6.39. The SMILES string of the molecule is CO[C@@H](C1=CC[C@H](CS(N)(=O)=O)CC1)[C@@H]1CC[C@H]1CN1CC2(CCCc3cc(Cl)ccc32)COc2ccc(C(=O)O)cc21. The Labute approximate surface area is 259 Å². The molecular formula is C33H41ClN2O6S. The van der Waals surface area contributed by atoms with Crippen molar-refractivity contribution in [2.24, 2.45) is 22.9 Å². The summed E-state index contributed by atoms with van der Waals surface area (Å²) in [6.45, 7) is 2.03. The average molecular weight is 629 g/mol. The highest BCUT2D eigenvalue weighted by Gasteiger charge is 2.45. The summed E-state index contributed by atoms with van der Waals surface area (Å²) in [6, 6.07) is 11.4. The molecule has 5 atom stereocenters. The van der Waals surface area contributed by atoms with Gasteiger partial charge in [0, 0.05) is 30.6 Å². The van der Waals surface area contributed by atoms with E-state index in [4.69, 9.17) is 26.2 Å². The molecule has 1 unspecified atom stereocenters.